The second-order valence-corrected chi connectivity index (χ2v) is 3.24. The molecule has 1 aromatic heterocycles. The van der Waals surface area contributed by atoms with Gasteiger partial charge in [0.2, 0.25) is 11.6 Å². The summed E-state index contributed by atoms with van der Waals surface area (Å²) >= 11 is 0. The fourth-order valence-corrected chi connectivity index (χ4v) is 0.835. The minimum Gasteiger partial charge on any atom is -0.321 e. The van der Waals surface area contributed by atoms with Crippen LogP contribution >= 0.6 is 0 Å². The molecule has 0 bridgehead atoms. The minimum atomic E-state index is -0.552. The largest absolute Gasteiger partial charge is 0.321 e. The molecule has 2 N–H and O–H groups in total. The van der Waals surface area contributed by atoms with Crippen LogP contribution in [-0.2, 0) is 7.05 Å². The molecule has 13 heavy (non-hydrogen) atoms. The molecule has 0 saturated carbocycles. The summed E-state index contributed by atoms with van der Waals surface area (Å²) in [7, 11) is 1.60. The van der Waals surface area contributed by atoms with Crippen LogP contribution in [0.25, 0.3) is 0 Å². The molecule has 0 aliphatic carbocycles. The fraction of sp³-hybridized carbons (Fsp3) is 0.714. The molecular weight excluding hydrogens is 170 g/mol. The maximum absolute atomic E-state index is 11.5. The van der Waals surface area contributed by atoms with Gasteiger partial charge < -0.3 is 5.73 Å². The Morgan fingerprint density at radius 3 is 2.54 bits per heavy atom. The molecule has 0 fully saturated rings. The highest BCUT2D eigenvalue weighted by Gasteiger charge is 2.22. The van der Waals surface area contributed by atoms with Gasteiger partial charge >= 0.3 is 0 Å². The van der Waals surface area contributed by atoms with Crippen LogP contribution in [0.3, 0.4) is 0 Å². The Morgan fingerprint density at radius 1 is 1.54 bits per heavy atom. The molecule has 1 heterocycles. The highest BCUT2D eigenvalue weighted by Crippen LogP contribution is 2.03. The Kier molecular flexibility index (Phi) is 2.72. The van der Waals surface area contributed by atoms with Gasteiger partial charge in [-0.1, -0.05) is 13.8 Å². The zero-order valence-electron chi connectivity index (χ0n) is 7.93. The lowest BCUT2D eigenvalue weighted by Crippen LogP contribution is -2.36. The molecular formula is C7H13N5O. The van der Waals surface area contributed by atoms with Gasteiger partial charge in [0.1, 0.15) is 0 Å². The van der Waals surface area contributed by atoms with Crippen molar-refractivity contribution >= 4 is 5.78 Å². The molecule has 0 radical (unpaired) electrons. The minimum absolute atomic E-state index is 0.0799. The molecule has 0 aromatic carbocycles. The van der Waals surface area contributed by atoms with E-state index in [2.05, 4.69) is 15.4 Å². The summed E-state index contributed by atoms with van der Waals surface area (Å²) in [5.74, 6) is -0.0943. The van der Waals surface area contributed by atoms with E-state index >= 15 is 0 Å². The van der Waals surface area contributed by atoms with Gasteiger partial charge in [0.25, 0.3) is 0 Å². The zero-order valence-corrected chi connectivity index (χ0v) is 7.93. The van der Waals surface area contributed by atoms with Crippen molar-refractivity contribution in [2.24, 2.45) is 18.7 Å². The first-order valence-corrected chi connectivity index (χ1v) is 4.06. The fourth-order valence-electron chi connectivity index (χ4n) is 0.835. The average Bonchev–Trinajstić information content (AvgIpc) is 2.49. The Hall–Kier alpha value is -1.30. The number of carbonyl (C=O) groups is 1. The number of Topliss-reactive ketones (excluding diaryl/α,β-unsaturated/α-hetero) is 1. The third-order valence-corrected chi connectivity index (χ3v) is 1.75. The van der Waals surface area contributed by atoms with Crippen LogP contribution < -0.4 is 5.73 Å². The third kappa shape index (κ3) is 2.09. The van der Waals surface area contributed by atoms with Crippen LogP contribution in [0.2, 0.25) is 0 Å². The summed E-state index contributed by atoms with van der Waals surface area (Å²) < 4.78 is 0. The van der Waals surface area contributed by atoms with E-state index < -0.39 is 6.04 Å². The molecule has 0 amide bonds. The Morgan fingerprint density at radius 2 is 2.15 bits per heavy atom. The molecule has 1 aromatic rings. The van der Waals surface area contributed by atoms with Gasteiger partial charge in [-0.3, -0.25) is 4.79 Å². The van der Waals surface area contributed by atoms with E-state index in [4.69, 9.17) is 5.73 Å². The van der Waals surface area contributed by atoms with E-state index in [0.717, 1.165) is 0 Å². The van der Waals surface area contributed by atoms with Crippen LogP contribution in [0.15, 0.2) is 0 Å². The number of carbonyl (C=O) groups excluding carboxylic acids is 1. The number of aromatic nitrogens is 4. The summed E-state index contributed by atoms with van der Waals surface area (Å²) in [6.07, 6.45) is 0. The van der Waals surface area contributed by atoms with Crippen molar-refractivity contribution in [3.05, 3.63) is 5.82 Å². The standard InChI is InChI=1S/C7H13N5O/c1-4(2)5(8)6(13)7-9-11-12(3)10-7/h4-5H,8H2,1-3H3/t5-/m0/s1. The molecule has 0 aliphatic heterocycles. The van der Waals surface area contributed by atoms with Crippen LogP contribution in [0, 0.1) is 5.92 Å². The topological polar surface area (TPSA) is 86.7 Å². The quantitative estimate of drug-likeness (QED) is 0.631. The Bertz CT molecular complexity index is 306. The van der Waals surface area contributed by atoms with Gasteiger partial charge in [-0.25, -0.2) is 0 Å². The van der Waals surface area contributed by atoms with Crippen LogP contribution in [0.1, 0.15) is 24.5 Å². The molecule has 0 spiro atoms. The predicted molar refractivity (Wildman–Crippen MR) is 45.9 cm³/mol. The second kappa shape index (κ2) is 3.61. The van der Waals surface area contributed by atoms with Crippen molar-refractivity contribution in [3.8, 4) is 0 Å². The molecule has 6 nitrogen and oxygen atoms in total. The summed E-state index contributed by atoms with van der Waals surface area (Å²) in [6.45, 7) is 3.75. The molecule has 1 atom stereocenters. The van der Waals surface area contributed by atoms with E-state index in [9.17, 15) is 4.79 Å². The van der Waals surface area contributed by atoms with Crippen molar-refractivity contribution in [1.82, 2.24) is 20.2 Å². The lowest BCUT2D eigenvalue weighted by atomic mass is 10.0. The first-order valence-electron chi connectivity index (χ1n) is 4.06. The van der Waals surface area contributed by atoms with E-state index in [0.29, 0.717) is 0 Å². The number of hydrogen-bond acceptors (Lipinski definition) is 5. The van der Waals surface area contributed by atoms with Gasteiger partial charge in [0.15, 0.2) is 0 Å². The maximum Gasteiger partial charge on any atom is 0.242 e. The second-order valence-electron chi connectivity index (χ2n) is 3.24. The molecule has 0 unspecified atom stereocenters. The summed E-state index contributed by atoms with van der Waals surface area (Å²) in [5.41, 5.74) is 5.63. The third-order valence-electron chi connectivity index (χ3n) is 1.75. The maximum atomic E-state index is 11.5. The number of nitrogens with two attached hydrogens (primary N) is 1. The van der Waals surface area contributed by atoms with Crippen LogP contribution in [-0.4, -0.2) is 32.0 Å². The number of aryl methyl sites for hydroxylation is 1. The van der Waals surface area contributed by atoms with Crippen LogP contribution in [0.5, 0.6) is 0 Å². The molecule has 0 aliphatic rings. The average molecular weight is 183 g/mol. The summed E-state index contributed by atoms with van der Waals surface area (Å²) in [5, 5.41) is 10.9. The van der Waals surface area contributed by atoms with E-state index in [1.807, 2.05) is 13.8 Å². The lowest BCUT2D eigenvalue weighted by molar-refractivity contribution is 0.0930. The normalized spacial score (nSPS) is 13.3. The Balaban J connectivity index is 2.79. The van der Waals surface area contributed by atoms with Crippen molar-refractivity contribution in [2.45, 2.75) is 19.9 Å². The smallest absolute Gasteiger partial charge is 0.242 e. The Labute approximate surface area is 76.1 Å². The SMILES string of the molecule is CC(C)[C@H](N)C(=O)c1nnn(C)n1. The summed E-state index contributed by atoms with van der Waals surface area (Å²) in [6, 6.07) is -0.552. The van der Waals surface area contributed by atoms with Gasteiger partial charge in [-0.2, -0.15) is 4.80 Å². The zero-order chi connectivity index (χ0) is 10.0. The highest BCUT2D eigenvalue weighted by atomic mass is 16.1. The van der Waals surface area contributed by atoms with E-state index in [-0.39, 0.29) is 17.5 Å². The number of nitrogens with zero attached hydrogens (tertiary/aromatic N) is 4. The van der Waals surface area contributed by atoms with Gasteiger partial charge in [0.05, 0.1) is 13.1 Å². The number of hydrogen-bond donors (Lipinski definition) is 1. The number of ketones is 1. The van der Waals surface area contributed by atoms with Crippen molar-refractivity contribution in [1.29, 1.82) is 0 Å². The highest BCUT2D eigenvalue weighted by molar-refractivity contribution is 5.96. The van der Waals surface area contributed by atoms with Gasteiger partial charge in [0, 0.05) is 0 Å². The molecule has 6 heteroatoms. The van der Waals surface area contributed by atoms with Gasteiger partial charge in [-0.15, -0.1) is 10.2 Å². The number of tetrazole rings is 1. The lowest BCUT2D eigenvalue weighted by Gasteiger charge is -2.10. The molecule has 72 valence electrons. The molecule has 0 saturated heterocycles. The van der Waals surface area contributed by atoms with E-state index in [1.54, 1.807) is 7.05 Å². The van der Waals surface area contributed by atoms with Crippen LogP contribution in [0.4, 0.5) is 0 Å². The summed E-state index contributed by atoms with van der Waals surface area (Å²) in [4.78, 5) is 12.7. The van der Waals surface area contributed by atoms with Gasteiger partial charge in [-0.05, 0) is 11.1 Å². The number of rotatable bonds is 3. The monoisotopic (exact) mass is 183 g/mol. The van der Waals surface area contributed by atoms with Crippen molar-refractivity contribution in [2.75, 3.05) is 0 Å². The van der Waals surface area contributed by atoms with Crippen molar-refractivity contribution < 1.29 is 4.79 Å². The van der Waals surface area contributed by atoms with Crippen molar-refractivity contribution in [3.63, 3.8) is 0 Å². The molecule has 1 rings (SSSR count). The first kappa shape index (κ1) is 9.79. The van der Waals surface area contributed by atoms with E-state index in [1.165, 1.54) is 4.80 Å². The first-order chi connectivity index (χ1) is 6.02. The predicted octanol–water partition coefficient (Wildman–Crippen LogP) is -0.624.